The maximum Gasteiger partial charge on any atom is 0.232 e. The molecule has 10 heteroatoms. The van der Waals surface area contributed by atoms with Crippen molar-refractivity contribution in [3.05, 3.63) is 59.9 Å². The molecule has 1 fully saturated rings. The van der Waals surface area contributed by atoms with E-state index in [4.69, 9.17) is 9.47 Å². The molecule has 8 nitrogen and oxygen atoms in total. The Morgan fingerprint density at radius 2 is 1.97 bits per heavy atom. The number of aromatic nitrogens is 3. The molecular formula is C23H24FN5O3S. The zero-order chi connectivity index (χ0) is 22.6. The third-order valence-electron chi connectivity index (χ3n) is 5.60. The molecule has 1 atom stereocenters. The highest BCUT2D eigenvalue weighted by Gasteiger charge is 2.25. The van der Waals surface area contributed by atoms with Gasteiger partial charge in [0, 0.05) is 25.1 Å². The van der Waals surface area contributed by atoms with Gasteiger partial charge in [0.25, 0.3) is 0 Å². The molecule has 0 radical (unpaired) electrons. The standard InChI is InChI=1S/C23H24FN5O3S/c24-16-4-3-5-17(14-16)29-22(28-9-12-31-13-10-28)26-27-23(29)33-15-21(30)25-19-8-11-32-20-7-2-1-6-18(19)20/h1-7,14,19H,8-13,15H2,(H,25,30). The van der Waals surface area contributed by atoms with Crippen LogP contribution in [0.5, 0.6) is 5.75 Å². The largest absolute Gasteiger partial charge is 0.493 e. The van der Waals surface area contributed by atoms with Crippen molar-refractivity contribution in [2.24, 2.45) is 0 Å². The zero-order valence-corrected chi connectivity index (χ0v) is 18.8. The predicted molar refractivity (Wildman–Crippen MR) is 123 cm³/mol. The summed E-state index contributed by atoms with van der Waals surface area (Å²) in [5, 5.41) is 12.3. The van der Waals surface area contributed by atoms with E-state index in [1.165, 1.54) is 23.9 Å². The van der Waals surface area contributed by atoms with E-state index < -0.39 is 0 Å². The smallest absolute Gasteiger partial charge is 0.232 e. The Morgan fingerprint density at radius 3 is 2.82 bits per heavy atom. The lowest BCUT2D eigenvalue weighted by Crippen LogP contribution is -2.38. The van der Waals surface area contributed by atoms with Crippen LogP contribution in [0.4, 0.5) is 10.3 Å². The molecule has 1 N–H and O–H groups in total. The van der Waals surface area contributed by atoms with Crippen molar-refractivity contribution < 1.29 is 18.7 Å². The van der Waals surface area contributed by atoms with Gasteiger partial charge in [-0.05, 0) is 24.3 Å². The number of thioether (sulfide) groups is 1. The molecule has 1 unspecified atom stereocenters. The number of anilines is 1. The number of carbonyl (C=O) groups is 1. The fourth-order valence-corrected chi connectivity index (χ4v) is 4.78. The monoisotopic (exact) mass is 469 g/mol. The highest BCUT2D eigenvalue weighted by molar-refractivity contribution is 7.99. The maximum atomic E-state index is 14.0. The number of hydrogen-bond acceptors (Lipinski definition) is 7. The van der Waals surface area contributed by atoms with E-state index >= 15 is 0 Å². The fraction of sp³-hybridized carbons (Fsp3) is 0.348. The number of nitrogens with one attached hydrogen (secondary N) is 1. The van der Waals surface area contributed by atoms with Gasteiger partial charge in [-0.1, -0.05) is 36.0 Å². The number of fused-ring (bicyclic) bond motifs is 1. The van der Waals surface area contributed by atoms with Crippen LogP contribution in [0.15, 0.2) is 53.7 Å². The first-order valence-electron chi connectivity index (χ1n) is 10.9. The molecular weight excluding hydrogens is 445 g/mol. The van der Waals surface area contributed by atoms with E-state index in [1.807, 2.05) is 24.3 Å². The minimum atomic E-state index is -0.346. The van der Waals surface area contributed by atoms with Gasteiger partial charge in [-0.2, -0.15) is 0 Å². The van der Waals surface area contributed by atoms with Crippen molar-refractivity contribution in [2.75, 3.05) is 43.6 Å². The molecule has 5 rings (SSSR count). The summed E-state index contributed by atoms with van der Waals surface area (Å²) in [4.78, 5) is 14.8. The number of rotatable bonds is 6. The SMILES string of the molecule is O=C(CSc1nnc(N2CCOCC2)n1-c1cccc(F)c1)NC1CCOc2ccccc21. The zero-order valence-electron chi connectivity index (χ0n) is 17.9. The molecule has 33 heavy (non-hydrogen) atoms. The molecule has 2 aliphatic rings. The Kier molecular flexibility index (Phi) is 6.45. The van der Waals surface area contributed by atoms with Crippen LogP contribution >= 0.6 is 11.8 Å². The molecule has 2 aromatic carbocycles. The second-order valence-electron chi connectivity index (χ2n) is 7.78. The lowest BCUT2D eigenvalue weighted by Gasteiger charge is -2.28. The van der Waals surface area contributed by atoms with Crippen molar-refractivity contribution in [2.45, 2.75) is 17.6 Å². The Hall–Kier alpha value is -3.11. The minimum absolute atomic E-state index is 0.0898. The Balaban J connectivity index is 1.33. The van der Waals surface area contributed by atoms with E-state index in [0.717, 1.165) is 11.3 Å². The first kappa shape index (κ1) is 21.7. The summed E-state index contributed by atoms with van der Waals surface area (Å²) in [5.74, 6) is 1.13. The molecule has 3 heterocycles. The third-order valence-corrected chi connectivity index (χ3v) is 6.53. The van der Waals surface area contributed by atoms with Gasteiger partial charge in [0.15, 0.2) is 5.16 Å². The number of ether oxygens (including phenoxy) is 2. The lowest BCUT2D eigenvalue weighted by atomic mass is 10.0. The van der Waals surface area contributed by atoms with Gasteiger partial charge in [-0.3, -0.25) is 9.36 Å². The molecule has 3 aromatic rings. The van der Waals surface area contributed by atoms with Gasteiger partial charge >= 0.3 is 0 Å². The van der Waals surface area contributed by atoms with E-state index in [9.17, 15) is 9.18 Å². The average Bonchev–Trinajstić information content (AvgIpc) is 3.28. The van der Waals surface area contributed by atoms with E-state index in [-0.39, 0.29) is 23.5 Å². The van der Waals surface area contributed by atoms with Crippen molar-refractivity contribution >= 4 is 23.6 Å². The molecule has 1 aromatic heterocycles. The summed E-state index contributed by atoms with van der Waals surface area (Å²) in [6.45, 7) is 3.08. The number of morpholine rings is 1. The summed E-state index contributed by atoms with van der Waals surface area (Å²) in [6.07, 6.45) is 0.716. The highest BCUT2D eigenvalue weighted by Crippen LogP contribution is 2.32. The summed E-state index contributed by atoms with van der Waals surface area (Å²) in [5.41, 5.74) is 1.60. The fourth-order valence-electron chi connectivity index (χ4n) is 4.02. The van der Waals surface area contributed by atoms with Gasteiger partial charge in [0.2, 0.25) is 11.9 Å². The molecule has 0 bridgehead atoms. The molecule has 0 spiro atoms. The van der Waals surface area contributed by atoms with Crippen LogP contribution in [0.2, 0.25) is 0 Å². The Bertz CT molecular complexity index is 1130. The highest BCUT2D eigenvalue weighted by atomic mass is 32.2. The molecule has 0 saturated carbocycles. The molecule has 1 amide bonds. The minimum Gasteiger partial charge on any atom is -0.493 e. The second kappa shape index (κ2) is 9.80. The van der Waals surface area contributed by atoms with Crippen molar-refractivity contribution in [3.8, 4) is 11.4 Å². The predicted octanol–water partition coefficient (Wildman–Crippen LogP) is 2.98. The van der Waals surface area contributed by atoms with E-state index in [0.29, 0.717) is 56.1 Å². The molecule has 2 aliphatic heterocycles. The van der Waals surface area contributed by atoms with Crippen molar-refractivity contribution in [3.63, 3.8) is 0 Å². The average molecular weight is 470 g/mol. The summed E-state index contributed by atoms with van der Waals surface area (Å²) in [6, 6.07) is 14.0. The number of hydrogen-bond donors (Lipinski definition) is 1. The Morgan fingerprint density at radius 1 is 1.12 bits per heavy atom. The van der Waals surface area contributed by atoms with Crippen LogP contribution in [0, 0.1) is 5.82 Å². The quantitative estimate of drug-likeness (QED) is 0.556. The van der Waals surface area contributed by atoms with Crippen LogP contribution in [-0.2, 0) is 9.53 Å². The lowest BCUT2D eigenvalue weighted by molar-refractivity contribution is -0.119. The number of carbonyl (C=O) groups excluding carboxylic acids is 1. The van der Waals surface area contributed by atoms with Crippen LogP contribution in [0.25, 0.3) is 5.69 Å². The number of halogens is 1. The molecule has 1 saturated heterocycles. The van der Waals surface area contributed by atoms with E-state index in [1.54, 1.807) is 16.7 Å². The number of amides is 1. The maximum absolute atomic E-state index is 14.0. The van der Waals surface area contributed by atoms with Gasteiger partial charge in [0.05, 0.1) is 37.3 Å². The van der Waals surface area contributed by atoms with Gasteiger partial charge < -0.3 is 19.7 Å². The number of benzene rings is 2. The summed E-state index contributed by atoms with van der Waals surface area (Å²) in [7, 11) is 0. The molecule has 172 valence electrons. The third kappa shape index (κ3) is 4.81. The van der Waals surface area contributed by atoms with Gasteiger partial charge in [-0.15, -0.1) is 10.2 Å². The van der Waals surface area contributed by atoms with Crippen molar-refractivity contribution in [1.29, 1.82) is 0 Å². The van der Waals surface area contributed by atoms with Gasteiger partial charge in [0.1, 0.15) is 11.6 Å². The molecule has 0 aliphatic carbocycles. The van der Waals surface area contributed by atoms with E-state index in [2.05, 4.69) is 20.4 Å². The topological polar surface area (TPSA) is 81.5 Å². The van der Waals surface area contributed by atoms with Crippen LogP contribution < -0.4 is 15.0 Å². The Labute approximate surface area is 195 Å². The summed E-state index contributed by atoms with van der Waals surface area (Å²) >= 11 is 1.28. The normalized spacial score (nSPS) is 17.8. The van der Waals surface area contributed by atoms with Crippen LogP contribution in [0.3, 0.4) is 0 Å². The first-order valence-corrected chi connectivity index (χ1v) is 11.9. The van der Waals surface area contributed by atoms with Crippen LogP contribution in [-0.4, -0.2) is 59.3 Å². The van der Waals surface area contributed by atoms with Crippen molar-refractivity contribution in [1.82, 2.24) is 20.1 Å². The van der Waals surface area contributed by atoms with Gasteiger partial charge in [-0.25, -0.2) is 4.39 Å². The number of para-hydroxylation sites is 1. The summed E-state index contributed by atoms with van der Waals surface area (Å²) < 4.78 is 26.9. The second-order valence-corrected chi connectivity index (χ2v) is 8.72. The number of nitrogens with zero attached hydrogens (tertiary/aromatic N) is 4. The van der Waals surface area contributed by atoms with Crippen LogP contribution in [0.1, 0.15) is 18.0 Å². The first-order chi connectivity index (χ1) is 16.2.